The third-order valence-corrected chi connectivity index (χ3v) is 3.21. The summed E-state index contributed by atoms with van der Waals surface area (Å²) in [7, 11) is 1.64. The van der Waals surface area contributed by atoms with E-state index in [2.05, 4.69) is 10.4 Å². The fourth-order valence-electron chi connectivity index (χ4n) is 1.98. The molecule has 5 nitrogen and oxygen atoms in total. The zero-order chi connectivity index (χ0) is 15.1. The number of rotatable bonds is 7. The Morgan fingerprint density at radius 3 is 2.71 bits per heavy atom. The van der Waals surface area contributed by atoms with E-state index in [9.17, 15) is 0 Å². The first-order valence-electron chi connectivity index (χ1n) is 6.54. The molecule has 1 atom stereocenters. The van der Waals surface area contributed by atoms with Crippen molar-refractivity contribution in [1.29, 1.82) is 0 Å². The number of nitrogens with one attached hydrogen (secondary N) is 1. The maximum atomic E-state index is 5.87. The standard InChI is InChI=1S/C15H18ClN3O2/c1-20-8-9-21-14-5-3-2-4-12(14)15(19-17)13-7-6-11(16)10-18-13/h2-7,10,15,19H,8-9,17H2,1H3. The van der Waals surface area contributed by atoms with Crippen LogP contribution in [0.25, 0.3) is 0 Å². The summed E-state index contributed by atoms with van der Waals surface area (Å²) in [5.41, 5.74) is 4.44. The number of hydrogen-bond acceptors (Lipinski definition) is 5. The van der Waals surface area contributed by atoms with Crippen molar-refractivity contribution in [3.8, 4) is 5.75 Å². The van der Waals surface area contributed by atoms with Crippen LogP contribution >= 0.6 is 11.6 Å². The number of hydrogen-bond donors (Lipinski definition) is 2. The van der Waals surface area contributed by atoms with E-state index in [1.165, 1.54) is 0 Å². The Bertz CT molecular complexity index is 563. The maximum Gasteiger partial charge on any atom is 0.124 e. The predicted octanol–water partition coefficient (Wildman–Crippen LogP) is 2.31. The van der Waals surface area contributed by atoms with Crippen LogP contribution in [0.15, 0.2) is 42.6 Å². The number of aromatic nitrogens is 1. The van der Waals surface area contributed by atoms with E-state index in [0.717, 1.165) is 17.0 Å². The van der Waals surface area contributed by atoms with Crippen LogP contribution in [-0.4, -0.2) is 25.3 Å². The minimum absolute atomic E-state index is 0.277. The van der Waals surface area contributed by atoms with E-state index in [1.807, 2.05) is 30.3 Å². The van der Waals surface area contributed by atoms with Crippen LogP contribution in [0.2, 0.25) is 5.02 Å². The molecule has 0 fully saturated rings. The fourth-order valence-corrected chi connectivity index (χ4v) is 2.09. The maximum absolute atomic E-state index is 5.87. The van der Waals surface area contributed by atoms with E-state index < -0.39 is 0 Å². The Kier molecular flexibility index (Phi) is 5.95. The summed E-state index contributed by atoms with van der Waals surface area (Å²) in [6, 6.07) is 11.0. The summed E-state index contributed by atoms with van der Waals surface area (Å²) in [5.74, 6) is 6.44. The number of pyridine rings is 1. The van der Waals surface area contributed by atoms with E-state index in [4.69, 9.17) is 26.9 Å². The molecule has 1 aromatic carbocycles. The first kappa shape index (κ1) is 15.7. The SMILES string of the molecule is COCCOc1ccccc1C(NN)c1ccc(Cl)cn1. The molecule has 6 heteroatoms. The second-order valence-corrected chi connectivity index (χ2v) is 4.82. The fraction of sp³-hybridized carbons (Fsp3) is 0.267. The predicted molar refractivity (Wildman–Crippen MR) is 82.2 cm³/mol. The number of hydrazine groups is 1. The molecule has 0 aliphatic rings. The van der Waals surface area contributed by atoms with Gasteiger partial charge >= 0.3 is 0 Å². The summed E-state index contributed by atoms with van der Waals surface area (Å²) >= 11 is 5.87. The number of halogens is 1. The average Bonchev–Trinajstić information content (AvgIpc) is 2.51. The quantitative estimate of drug-likeness (QED) is 0.467. The number of methoxy groups -OCH3 is 1. The van der Waals surface area contributed by atoms with Crippen molar-refractivity contribution in [2.24, 2.45) is 5.84 Å². The number of benzene rings is 1. The monoisotopic (exact) mass is 307 g/mol. The van der Waals surface area contributed by atoms with Crippen molar-refractivity contribution in [3.63, 3.8) is 0 Å². The second kappa shape index (κ2) is 7.95. The van der Waals surface area contributed by atoms with Crippen molar-refractivity contribution in [2.45, 2.75) is 6.04 Å². The van der Waals surface area contributed by atoms with Crippen LogP contribution in [0, 0.1) is 0 Å². The lowest BCUT2D eigenvalue weighted by atomic mass is 10.0. The summed E-state index contributed by atoms with van der Waals surface area (Å²) < 4.78 is 10.7. The number of ether oxygens (including phenoxy) is 2. The first-order chi connectivity index (χ1) is 10.3. The summed E-state index contributed by atoms with van der Waals surface area (Å²) in [5, 5.41) is 0.583. The molecule has 0 spiro atoms. The number of nitrogens with zero attached hydrogens (tertiary/aromatic N) is 1. The van der Waals surface area contributed by atoms with Crippen LogP contribution in [0.4, 0.5) is 0 Å². The van der Waals surface area contributed by atoms with Gasteiger partial charge in [0.05, 0.1) is 23.4 Å². The van der Waals surface area contributed by atoms with Gasteiger partial charge in [0.15, 0.2) is 0 Å². The summed E-state index contributed by atoms with van der Waals surface area (Å²) in [6.07, 6.45) is 1.59. The highest BCUT2D eigenvalue weighted by Gasteiger charge is 2.18. The molecule has 0 saturated carbocycles. The zero-order valence-electron chi connectivity index (χ0n) is 11.8. The normalized spacial score (nSPS) is 12.1. The zero-order valence-corrected chi connectivity index (χ0v) is 12.5. The van der Waals surface area contributed by atoms with Crippen LogP contribution in [0.1, 0.15) is 17.3 Å². The molecule has 0 aliphatic carbocycles. The molecule has 1 heterocycles. The van der Waals surface area contributed by atoms with Crippen molar-refractivity contribution < 1.29 is 9.47 Å². The Hall–Kier alpha value is -1.66. The molecule has 0 saturated heterocycles. The van der Waals surface area contributed by atoms with Gasteiger partial charge < -0.3 is 9.47 Å². The smallest absolute Gasteiger partial charge is 0.124 e. The van der Waals surface area contributed by atoms with Gasteiger partial charge in [0.25, 0.3) is 0 Å². The molecule has 2 rings (SSSR count). The lowest BCUT2D eigenvalue weighted by Crippen LogP contribution is -2.30. The molecule has 2 aromatic rings. The van der Waals surface area contributed by atoms with Crippen LogP contribution < -0.4 is 16.0 Å². The summed E-state index contributed by atoms with van der Waals surface area (Å²) in [4.78, 5) is 4.31. The van der Waals surface area contributed by atoms with Gasteiger partial charge in [0.1, 0.15) is 12.4 Å². The molecule has 0 amide bonds. The molecule has 0 aliphatic heterocycles. The Balaban J connectivity index is 2.27. The van der Waals surface area contributed by atoms with E-state index in [0.29, 0.717) is 18.2 Å². The van der Waals surface area contributed by atoms with Crippen LogP contribution in [-0.2, 0) is 4.74 Å². The first-order valence-corrected chi connectivity index (χ1v) is 6.92. The van der Waals surface area contributed by atoms with Gasteiger partial charge in [0.2, 0.25) is 0 Å². The van der Waals surface area contributed by atoms with E-state index in [-0.39, 0.29) is 6.04 Å². The second-order valence-electron chi connectivity index (χ2n) is 4.38. The Labute approximate surface area is 129 Å². The lowest BCUT2D eigenvalue weighted by Gasteiger charge is -2.19. The van der Waals surface area contributed by atoms with Gasteiger partial charge in [-0.25, -0.2) is 5.43 Å². The van der Waals surface area contributed by atoms with Crippen molar-refractivity contribution in [3.05, 3.63) is 58.9 Å². The van der Waals surface area contributed by atoms with Gasteiger partial charge in [-0.2, -0.15) is 0 Å². The highest BCUT2D eigenvalue weighted by Crippen LogP contribution is 2.28. The Morgan fingerprint density at radius 2 is 2.05 bits per heavy atom. The van der Waals surface area contributed by atoms with Gasteiger partial charge in [-0.1, -0.05) is 29.8 Å². The van der Waals surface area contributed by atoms with Gasteiger partial charge in [0, 0.05) is 18.9 Å². The van der Waals surface area contributed by atoms with E-state index >= 15 is 0 Å². The highest BCUT2D eigenvalue weighted by atomic mass is 35.5. The molecule has 112 valence electrons. The van der Waals surface area contributed by atoms with Crippen molar-refractivity contribution in [1.82, 2.24) is 10.4 Å². The van der Waals surface area contributed by atoms with Crippen molar-refractivity contribution in [2.75, 3.05) is 20.3 Å². The third-order valence-electron chi connectivity index (χ3n) is 2.99. The minimum atomic E-state index is -0.277. The molecule has 3 N–H and O–H groups in total. The number of nitrogens with two attached hydrogens (primary N) is 1. The molecular formula is C15H18ClN3O2. The van der Waals surface area contributed by atoms with Gasteiger partial charge in [-0.15, -0.1) is 0 Å². The molecule has 0 bridgehead atoms. The molecule has 0 radical (unpaired) electrons. The number of para-hydroxylation sites is 1. The minimum Gasteiger partial charge on any atom is -0.491 e. The third kappa shape index (κ3) is 4.15. The van der Waals surface area contributed by atoms with Crippen LogP contribution in [0.5, 0.6) is 5.75 Å². The largest absolute Gasteiger partial charge is 0.491 e. The topological polar surface area (TPSA) is 69.4 Å². The lowest BCUT2D eigenvalue weighted by molar-refractivity contribution is 0.145. The molecule has 21 heavy (non-hydrogen) atoms. The Morgan fingerprint density at radius 1 is 1.24 bits per heavy atom. The van der Waals surface area contributed by atoms with Gasteiger partial charge in [-0.05, 0) is 18.2 Å². The van der Waals surface area contributed by atoms with E-state index in [1.54, 1.807) is 19.4 Å². The molecular weight excluding hydrogens is 290 g/mol. The summed E-state index contributed by atoms with van der Waals surface area (Å²) in [6.45, 7) is 0.993. The highest BCUT2D eigenvalue weighted by molar-refractivity contribution is 6.30. The van der Waals surface area contributed by atoms with Crippen molar-refractivity contribution >= 4 is 11.6 Å². The molecule has 1 aromatic heterocycles. The molecule has 1 unspecified atom stereocenters. The van der Waals surface area contributed by atoms with Crippen LogP contribution in [0.3, 0.4) is 0 Å². The average molecular weight is 308 g/mol. The van der Waals surface area contributed by atoms with Gasteiger partial charge in [-0.3, -0.25) is 10.8 Å².